The fourth-order valence-electron chi connectivity index (χ4n) is 5.62. The van der Waals surface area contributed by atoms with E-state index in [2.05, 4.69) is 47.1 Å². The lowest BCUT2D eigenvalue weighted by Crippen LogP contribution is -2.39. The molecule has 0 N–H and O–H groups in total. The largest absolute Gasteiger partial charge is 0.342 e. The number of fused-ring (bicyclic) bond motifs is 2. The molecule has 0 saturated carbocycles. The van der Waals surface area contributed by atoms with Gasteiger partial charge in [0.2, 0.25) is 5.79 Å². The summed E-state index contributed by atoms with van der Waals surface area (Å²) in [4.78, 5) is 7.36. The Morgan fingerprint density at radius 2 is 1.83 bits per heavy atom. The number of nitrogens with zero attached hydrogens (tertiary/aromatic N) is 2. The normalized spacial score (nSPS) is 25.1. The van der Waals surface area contributed by atoms with Crippen LogP contribution >= 0.6 is 0 Å². The van der Waals surface area contributed by atoms with E-state index >= 15 is 0 Å². The van der Waals surface area contributed by atoms with Gasteiger partial charge in [-0.2, -0.15) is 0 Å². The molecule has 1 aromatic heterocycles. The predicted molar refractivity (Wildman–Crippen MR) is 114 cm³/mol. The summed E-state index contributed by atoms with van der Waals surface area (Å²) < 4.78 is 12.4. The number of benzene rings is 1. The Hall–Kier alpha value is -1.75. The van der Waals surface area contributed by atoms with Crippen LogP contribution in [0.15, 0.2) is 42.6 Å². The minimum absolute atomic E-state index is 0.581. The van der Waals surface area contributed by atoms with Crippen molar-refractivity contribution >= 4 is 0 Å². The Labute approximate surface area is 174 Å². The summed E-state index contributed by atoms with van der Waals surface area (Å²) in [6.45, 7) is 7.11. The monoisotopic (exact) mass is 392 g/mol. The second-order valence-corrected chi connectivity index (χ2v) is 9.00. The van der Waals surface area contributed by atoms with Crippen LogP contribution < -0.4 is 0 Å². The van der Waals surface area contributed by atoms with Gasteiger partial charge in [0.15, 0.2) is 0 Å². The number of aryl methyl sites for hydroxylation is 2. The third-order valence-corrected chi connectivity index (χ3v) is 7.12. The topological polar surface area (TPSA) is 34.6 Å². The average Bonchev–Trinajstić information content (AvgIpc) is 3.16. The molecule has 0 unspecified atom stereocenters. The van der Waals surface area contributed by atoms with Gasteiger partial charge in [-0.05, 0) is 80.3 Å². The molecule has 1 aliphatic carbocycles. The minimum atomic E-state index is -0.614. The van der Waals surface area contributed by atoms with E-state index in [0.717, 1.165) is 25.1 Å². The van der Waals surface area contributed by atoms with Crippen molar-refractivity contribution in [2.75, 3.05) is 32.8 Å². The van der Waals surface area contributed by atoms with Crippen molar-refractivity contribution in [2.24, 2.45) is 5.92 Å². The van der Waals surface area contributed by atoms with Crippen LogP contribution in [0.5, 0.6) is 0 Å². The number of piperidine rings is 1. The molecule has 4 heteroatoms. The number of rotatable bonds is 3. The Kier molecular flexibility index (Phi) is 5.42. The van der Waals surface area contributed by atoms with Crippen molar-refractivity contribution < 1.29 is 9.47 Å². The molecule has 0 amide bonds. The summed E-state index contributed by atoms with van der Waals surface area (Å²) in [5.74, 6) is 0.678. The Balaban J connectivity index is 1.25. The zero-order valence-electron chi connectivity index (χ0n) is 17.5. The number of hydrogen-bond acceptors (Lipinski definition) is 4. The molecule has 154 valence electrons. The van der Waals surface area contributed by atoms with Gasteiger partial charge in [-0.1, -0.05) is 30.3 Å². The van der Waals surface area contributed by atoms with Gasteiger partial charge >= 0.3 is 0 Å². The van der Waals surface area contributed by atoms with Gasteiger partial charge in [0.05, 0.1) is 13.2 Å². The fraction of sp³-hybridized carbons (Fsp3) is 0.560. The molecule has 3 aliphatic rings. The summed E-state index contributed by atoms with van der Waals surface area (Å²) in [6.07, 6.45) is 7.58. The molecule has 1 atom stereocenters. The maximum atomic E-state index is 6.19. The van der Waals surface area contributed by atoms with Crippen LogP contribution in [-0.4, -0.2) is 42.7 Å². The maximum Gasteiger partial charge on any atom is 0.213 e. The summed E-state index contributed by atoms with van der Waals surface area (Å²) in [6, 6.07) is 13.1. The van der Waals surface area contributed by atoms with Crippen molar-refractivity contribution in [1.29, 1.82) is 0 Å². The van der Waals surface area contributed by atoms with Gasteiger partial charge in [0.25, 0.3) is 0 Å². The highest BCUT2D eigenvalue weighted by molar-refractivity contribution is 5.29. The molecule has 4 nitrogen and oxygen atoms in total. The van der Waals surface area contributed by atoms with Gasteiger partial charge in [-0.25, -0.2) is 0 Å². The van der Waals surface area contributed by atoms with Crippen LogP contribution in [-0.2, 0) is 21.7 Å². The van der Waals surface area contributed by atoms with Crippen LogP contribution in [0.1, 0.15) is 54.0 Å². The molecular formula is C25H32N2O2. The number of likely N-dealkylation sites (tertiary alicyclic amines) is 1. The molecule has 3 heterocycles. The van der Waals surface area contributed by atoms with E-state index in [-0.39, 0.29) is 0 Å². The third-order valence-electron chi connectivity index (χ3n) is 7.12. The Morgan fingerprint density at radius 1 is 1.03 bits per heavy atom. The van der Waals surface area contributed by atoms with E-state index in [1.54, 1.807) is 5.56 Å². The van der Waals surface area contributed by atoms with Crippen molar-refractivity contribution in [1.82, 2.24) is 9.88 Å². The van der Waals surface area contributed by atoms with Crippen molar-refractivity contribution in [2.45, 2.75) is 50.7 Å². The summed E-state index contributed by atoms with van der Waals surface area (Å²) in [7, 11) is 0. The van der Waals surface area contributed by atoms with E-state index in [1.165, 1.54) is 43.5 Å². The summed E-state index contributed by atoms with van der Waals surface area (Å²) >= 11 is 0. The highest BCUT2D eigenvalue weighted by Crippen LogP contribution is 2.42. The van der Waals surface area contributed by atoms with Crippen molar-refractivity contribution in [3.8, 4) is 0 Å². The molecule has 2 fully saturated rings. The first-order valence-electron chi connectivity index (χ1n) is 11.2. The fourth-order valence-corrected chi connectivity index (χ4v) is 5.62. The van der Waals surface area contributed by atoms with Gasteiger partial charge < -0.3 is 14.4 Å². The highest BCUT2D eigenvalue weighted by Gasteiger charge is 2.45. The standard InChI is InChI=1S/C25H32N2O2/c1-19-5-2-3-7-23(19)21-10-13-27(14-11-21)18-20-8-9-22-6-4-12-26-24(22)25(17-20)28-15-16-29-25/h2-7,12,20-21H,8-11,13-18H2,1H3/t20-/m1/s1. The van der Waals surface area contributed by atoms with Crippen LogP contribution in [0, 0.1) is 12.8 Å². The zero-order chi connectivity index (χ0) is 19.7. The lowest BCUT2D eigenvalue weighted by atomic mass is 9.86. The first kappa shape index (κ1) is 19.2. The quantitative estimate of drug-likeness (QED) is 0.774. The molecule has 0 radical (unpaired) electrons. The van der Waals surface area contributed by atoms with E-state index < -0.39 is 5.79 Å². The predicted octanol–water partition coefficient (Wildman–Crippen LogP) is 4.42. The SMILES string of the molecule is Cc1ccccc1C1CCN(C[C@@H]2CCc3cccnc3C3(C2)OCCO3)CC1. The third kappa shape index (κ3) is 3.86. The lowest BCUT2D eigenvalue weighted by Gasteiger charge is -2.36. The highest BCUT2D eigenvalue weighted by atomic mass is 16.7. The number of aromatic nitrogens is 1. The smallest absolute Gasteiger partial charge is 0.213 e. The molecule has 2 aromatic rings. The number of hydrogen-bond donors (Lipinski definition) is 0. The molecule has 2 saturated heterocycles. The molecule has 1 spiro atoms. The average molecular weight is 393 g/mol. The van der Waals surface area contributed by atoms with E-state index in [1.807, 2.05) is 12.3 Å². The number of ether oxygens (including phenoxy) is 2. The minimum Gasteiger partial charge on any atom is -0.342 e. The van der Waals surface area contributed by atoms with E-state index in [9.17, 15) is 0 Å². The maximum absolute atomic E-state index is 6.19. The second-order valence-electron chi connectivity index (χ2n) is 9.00. The molecule has 29 heavy (non-hydrogen) atoms. The first-order valence-corrected chi connectivity index (χ1v) is 11.2. The Bertz CT molecular complexity index is 838. The van der Waals surface area contributed by atoms with Gasteiger partial charge in [-0.3, -0.25) is 4.98 Å². The molecule has 2 aliphatic heterocycles. The van der Waals surface area contributed by atoms with E-state index in [0.29, 0.717) is 25.0 Å². The summed E-state index contributed by atoms with van der Waals surface area (Å²) in [5, 5.41) is 0. The van der Waals surface area contributed by atoms with Gasteiger partial charge in [0, 0.05) is 19.2 Å². The van der Waals surface area contributed by atoms with Crippen LogP contribution in [0.25, 0.3) is 0 Å². The number of pyridine rings is 1. The second kappa shape index (κ2) is 8.17. The Morgan fingerprint density at radius 3 is 2.62 bits per heavy atom. The molecular weight excluding hydrogens is 360 g/mol. The van der Waals surface area contributed by atoms with Gasteiger partial charge in [-0.15, -0.1) is 0 Å². The molecule has 0 bridgehead atoms. The molecule has 1 aromatic carbocycles. The van der Waals surface area contributed by atoms with Crippen LogP contribution in [0.4, 0.5) is 0 Å². The van der Waals surface area contributed by atoms with Crippen molar-refractivity contribution in [3.05, 3.63) is 65.0 Å². The molecule has 5 rings (SSSR count). The lowest BCUT2D eigenvalue weighted by molar-refractivity contribution is -0.181. The van der Waals surface area contributed by atoms with Crippen LogP contribution in [0.3, 0.4) is 0 Å². The van der Waals surface area contributed by atoms with Crippen LogP contribution in [0.2, 0.25) is 0 Å². The van der Waals surface area contributed by atoms with Gasteiger partial charge in [0.1, 0.15) is 5.69 Å². The summed E-state index contributed by atoms with van der Waals surface area (Å²) in [5.41, 5.74) is 5.32. The van der Waals surface area contributed by atoms with Crippen molar-refractivity contribution in [3.63, 3.8) is 0 Å². The zero-order valence-corrected chi connectivity index (χ0v) is 17.5. The van der Waals surface area contributed by atoms with E-state index in [4.69, 9.17) is 9.47 Å². The first-order chi connectivity index (χ1) is 14.2.